The van der Waals surface area contributed by atoms with Crippen molar-refractivity contribution in [2.75, 3.05) is 18.0 Å². The van der Waals surface area contributed by atoms with Gasteiger partial charge in [0.25, 0.3) is 0 Å². The molecule has 21 heavy (non-hydrogen) atoms. The van der Waals surface area contributed by atoms with Crippen molar-refractivity contribution in [1.29, 1.82) is 0 Å². The zero-order valence-electron chi connectivity index (χ0n) is 12.1. The Bertz CT molecular complexity index is 791. The molecule has 0 bridgehead atoms. The van der Waals surface area contributed by atoms with Crippen LogP contribution in [0.1, 0.15) is 0 Å². The van der Waals surface area contributed by atoms with Crippen molar-refractivity contribution in [2.24, 2.45) is 0 Å². The van der Waals surface area contributed by atoms with Gasteiger partial charge < -0.3 is 4.90 Å². The molecule has 104 valence electrons. The van der Waals surface area contributed by atoms with Gasteiger partial charge in [0.15, 0.2) is 0 Å². The molecule has 0 N–H and O–H groups in total. The summed E-state index contributed by atoms with van der Waals surface area (Å²) in [7, 11) is 0. The number of benzene rings is 3. The summed E-state index contributed by atoms with van der Waals surface area (Å²) in [6, 6.07) is 19.5. The molecule has 0 amide bonds. The van der Waals surface area contributed by atoms with Gasteiger partial charge in [0.1, 0.15) is 0 Å². The van der Waals surface area contributed by atoms with Crippen LogP contribution in [0.3, 0.4) is 0 Å². The van der Waals surface area contributed by atoms with E-state index in [1.54, 1.807) is 0 Å². The maximum atomic E-state index is 3.86. The minimum absolute atomic E-state index is 0.817. The number of anilines is 1. The van der Waals surface area contributed by atoms with Gasteiger partial charge in [-0.25, -0.2) is 0 Å². The second-order valence-electron chi connectivity index (χ2n) is 5.18. The van der Waals surface area contributed by atoms with Crippen molar-refractivity contribution < 1.29 is 0 Å². The lowest BCUT2D eigenvalue weighted by Gasteiger charge is -2.23. The van der Waals surface area contributed by atoms with Gasteiger partial charge in [-0.2, -0.15) is 0 Å². The number of hydrogen-bond acceptors (Lipinski definition) is 1. The van der Waals surface area contributed by atoms with Crippen molar-refractivity contribution in [1.82, 2.24) is 0 Å². The van der Waals surface area contributed by atoms with E-state index in [9.17, 15) is 0 Å². The van der Waals surface area contributed by atoms with Crippen LogP contribution in [0, 0.1) is 0 Å². The predicted molar refractivity (Wildman–Crippen MR) is 94.1 cm³/mol. The number of nitrogens with zero attached hydrogens (tertiary/aromatic N) is 1. The van der Waals surface area contributed by atoms with Gasteiger partial charge in [-0.15, -0.1) is 13.2 Å². The summed E-state index contributed by atoms with van der Waals surface area (Å²) in [4.78, 5) is 2.29. The fourth-order valence-electron chi connectivity index (χ4n) is 2.81. The fourth-order valence-corrected chi connectivity index (χ4v) is 2.81. The molecule has 0 saturated carbocycles. The first-order valence-electron chi connectivity index (χ1n) is 7.22. The Labute approximate surface area is 125 Å². The molecule has 3 aromatic rings. The zero-order valence-corrected chi connectivity index (χ0v) is 12.1. The van der Waals surface area contributed by atoms with Gasteiger partial charge in [0.2, 0.25) is 0 Å². The SMILES string of the molecule is C=CCN(CC=C)c1cccc2cc3ccccc3cc12. The van der Waals surface area contributed by atoms with E-state index in [0.717, 1.165) is 13.1 Å². The summed E-state index contributed by atoms with van der Waals surface area (Å²) >= 11 is 0. The molecule has 3 rings (SSSR count). The monoisotopic (exact) mass is 273 g/mol. The highest BCUT2D eigenvalue weighted by Crippen LogP contribution is 2.30. The van der Waals surface area contributed by atoms with E-state index in [4.69, 9.17) is 0 Å². The quantitative estimate of drug-likeness (QED) is 0.458. The number of rotatable bonds is 5. The maximum absolute atomic E-state index is 3.86. The first-order chi connectivity index (χ1) is 10.3. The molecule has 0 heterocycles. The van der Waals surface area contributed by atoms with E-state index in [1.165, 1.54) is 27.2 Å². The summed E-state index contributed by atoms with van der Waals surface area (Å²) in [6.45, 7) is 9.36. The minimum atomic E-state index is 0.817. The molecule has 0 radical (unpaired) electrons. The van der Waals surface area contributed by atoms with Crippen LogP contribution in [-0.4, -0.2) is 13.1 Å². The first-order valence-corrected chi connectivity index (χ1v) is 7.22. The standard InChI is InChI=1S/C20H19N/c1-3-12-21(13-4-2)20-11-7-10-18-14-16-8-5-6-9-17(16)15-19(18)20/h3-11,14-15H,1-2,12-13H2. The molecule has 0 unspecified atom stereocenters. The Morgan fingerprint density at radius 3 is 2.05 bits per heavy atom. The Balaban J connectivity index is 2.24. The first kappa shape index (κ1) is 13.4. The van der Waals surface area contributed by atoms with Gasteiger partial charge in [0, 0.05) is 24.2 Å². The van der Waals surface area contributed by atoms with Crippen molar-refractivity contribution in [3.63, 3.8) is 0 Å². The third kappa shape index (κ3) is 2.55. The van der Waals surface area contributed by atoms with Gasteiger partial charge >= 0.3 is 0 Å². The molecule has 0 aliphatic heterocycles. The number of fused-ring (bicyclic) bond motifs is 2. The zero-order chi connectivity index (χ0) is 14.7. The van der Waals surface area contributed by atoms with Gasteiger partial charge in [-0.3, -0.25) is 0 Å². The summed E-state index contributed by atoms with van der Waals surface area (Å²) in [5.74, 6) is 0. The molecular weight excluding hydrogens is 254 g/mol. The Morgan fingerprint density at radius 2 is 1.38 bits per heavy atom. The molecule has 1 nitrogen and oxygen atoms in total. The normalized spacial score (nSPS) is 10.7. The molecule has 1 heteroatoms. The average molecular weight is 273 g/mol. The summed E-state index contributed by atoms with van der Waals surface area (Å²) in [6.07, 6.45) is 3.87. The van der Waals surface area contributed by atoms with E-state index >= 15 is 0 Å². The third-order valence-corrected chi connectivity index (χ3v) is 3.76. The van der Waals surface area contributed by atoms with Crippen LogP contribution in [0.15, 0.2) is 79.9 Å². The lowest BCUT2D eigenvalue weighted by atomic mass is 10.0. The average Bonchev–Trinajstić information content (AvgIpc) is 2.52. The van der Waals surface area contributed by atoms with E-state index in [-0.39, 0.29) is 0 Å². The number of hydrogen-bond donors (Lipinski definition) is 0. The van der Waals surface area contributed by atoms with Crippen LogP contribution >= 0.6 is 0 Å². The highest BCUT2D eigenvalue weighted by atomic mass is 15.1. The van der Waals surface area contributed by atoms with Crippen LogP contribution in [0.2, 0.25) is 0 Å². The van der Waals surface area contributed by atoms with E-state index in [1.807, 2.05) is 12.2 Å². The Hall–Kier alpha value is -2.54. The lowest BCUT2D eigenvalue weighted by molar-refractivity contribution is 0.963. The molecule has 0 fully saturated rings. The summed E-state index contributed by atoms with van der Waals surface area (Å²) in [5.41, 5.74) is 1.23. The van der Waals surface area contributed by atoms with Gasteiger partial charge in [-0.05, 0) is 34.4 Å². The van der Waals surface area contributed by atoms with Crippen molar-refractivity contribution >= 4 is 27.2 Å². The molecule has 0 aromatic heterocycles. The molecule has 0 aliphatic carbocycles. The molecular formula is C20H19N. The highest BCUT2D eigenvalue weighted by molar-refractivity contribution is 6.03. The molecule has 0 aliphatic rings. The van der Waals surface area contributed by atoms with E-state index in [2.05, 4.69) is 72.7 Å². The van der Waals surface area contributed by atoms with Gasteiger partial charge in [-0.1, -0.05) is 48.6 Å². The van der Waals surface area contributed by atoms with Crippen molar-refractivity contribution in [2.45, 2.75) is 0 Å². The van der Waals surface area contributed by atoms with Crippen molar-refractivity contribution in [3.8, 4) is 0 Å². The molecule has 3 aromatic carbocycles. The topological polar surface area (TPSA) is 3.24 Å². The van der Waals surface area contributed by atoms with E-state index in [0.29, 0.717) is 0 Å². The Morgan fingerprint density at radius 1 is 0.762 bits per heavy atom. The fraction of sp³-hybridized carbons (Fsp3) is 0.100. The predicted octanol–water partition coefficient (Wildman–Crippen LogP) is 5.17. The second-order valence-corrected chi connectivity index (χ2v) is 5.18. The van der Waals surface area contributed by atoms with E-state index < -0.39 is 0 Å². The second kappa shape index (κ2) is 5.84. The minimum Gasteiger partial charge on any atom is -0.364 e. The van der Waals surface area contributed by atoms with Crippen LogP contribution in [0.5, 0.6) is 0 Å². The largest absolute Gasteiger partial charge is 0.364 e. The third-order valence-electron chi connectivity index (χ3n) is 3.76. The molecule has 0 spiro atoms. The van der Waals surface area contributed by atoms with Crippen LogP contribution in [0.4, 0.5) is 5.69 Å². The van der Waals surface area contributed by atoms with Crippen molar-refractivity contribution in [3.05, 3.63) is 79.9 Å². The summed E-state index contributed by atoms with van der Waals surface area (Å²) < 4.78 is 0. The molecule has 0 atom stereocenters. The van der Waals surface area contributed by atoms with Crippen LogP contribution in [-0.2, 0) is 0 Å². The van der Waals surface area contributed by atoms with Crippen LogP contribution in [0.25, 0.3) is 21.5 Å². The molecule has 0 saturated heterocycles. The van der Waals surface area contributed by atoms with Gasteiger partial charge in [0.05, 0.1) is 0 Å². The smallest absolute Gasteiger partial charge is 0.0451 e. The van der Waals surface area contributed by atoms with Crippen LogP contribution < -0.4 is 4.90 Å². The highest BCUT2D eigenvalue weighted by Gasteiger charge is 2.08. The lowest BCUT2D eigenvalue weighted by Crippen LogP contribution is -2.23. The maximum Gasteiger partial charge on any atom is 0.0451 e. The Kier molecular flexibility index (Phi) is 3.74. The summed E-state index contributed by atoms with van der Waals surface area (Å²) in [5, 5.41) is 5.10.